The van der Waals surface area contributed by atoms with Gasteiger partial charge in [-0.25, -0.2) is 4.79 Å². The minimum atomic E-state index is -0.365. The molecule has 1 aromatic rings. The van der Waals surface area contributed by atoms with Crippen molar-refractivity contribution in [3.63, 3.8) is 0 Å². The van der Waals surface area contributed by atoms with Crippen molar-refractivity contribution in [1.82, 2.24) is 5.06 Å². The largest absolute Gasteiger partial charge is 0.460 e. The van der Waals surface area contributed by atoms with Crippen LogP contribution in [0.2, 0.25) is 0 Å². The first kappa shape index (κ1) is 13.4. The number of ether oxygens (including phenoxy) is 1. The lowest BCUT2D eigenvalue weighted by atomic mass is 10.2. The molecule has 1 aromatic carbocycles. The Bertz CT molecular complexity index is 360. The zero-order valence-corrected chi connectivity index (χ0v) is 10.1. The fraction of sp³-hybridized carbons (Fsp3) is 0.308. The van der Waals surface area contributed by atoms with Crippen molar-refractivity contribution < 1.29 is 14.4 Å². The summed E-state index contributed by atoms with van der Waals surface area (Å²) in [5, 5.41) is 1.56. The summed E-state index contributed by atoms with van der Waals surface area (Å²) >= 11 is 0. The third-order valence-corrected chi connectivity index (χ3v) is 1.89. The molecular formula is C13H17NO3. The van der Waals surface area contributed by atoms with Gasteiger partial charge in [0.15, 0.2) is 0 Å². The van der Waals surface area contributed by atoms with Gasteiger partial charge in [-0.3, -0.25) is 4.84 Å². The topological polar surface area (TPSA) is 38.8 Å². The molecule has 0 aliphatic heterocycles. The van der Waals surface area contributed by atoms with Crippen molar-refractivity contribution >= 4 is 12.0 Å². The van der Waals surface area contributed by atoms with Crippen LogP contribution in [-0.2, 0) is 14.4 Å². The quantitative estimate of drug-likeness (QED) is 0.326. The molecule has 17 heavy (non-hydrogen) atoms. The number of carbonyl (C=O) groups excluding carboxylic acids is 1. The number of nitrogens with zero attached hydrogens (tertiary/aromatic N) is 1. The summed E-state index contributed by atoms with van der Waals surface area (Å²) in [6.45, 7) is 0.605. The van der Waals surface area contributed by atoms with Crippen LogP contribution in [0, 0.1) is 0 Å². The minimum Gasteiger partial charge on any atom is -0.460 e. The summed E-state index contributed by atoms with van der Waals surface area (Å²) in [7, 11) is 3.55. The SMILES string of the molecule is CN(C)OCCOC(=O)C=Cc1ccccc1. The lowest BCUT2D eigenvalue weighted by Crippen LogP contribution is -2.17. The van der Waals surface area contributed by atoms with Crippen LogP contribution < -0.4 is 0 Å². The number of hydrogen-bond donors (Lipinski definition) is 0. The van der Waals surface area contributed by atoms with E-state index >= 15 is 0 Å². The van der Waals surface area contributed by atoms with Crippen LogP contribution in [0.4, 0.5) is 0 Å². The summed E-state index contributed by atoms with van der Waals surface area (Å²) in [4.78, 5) is 16.4. The molecule has 0 saturated heterocycles. The standard InChI is InChI=1S/C13H17NO3/c1-14(2)17-11-10-16-13(15)9-8-12-6-4-3-5-7-12/h3-9H,10-11H2,1-2H3. The Morgan fingerprint density at radius 3 is 2.59 bits per heavy atom. The van der Waals surface area contributed by atoms with E-state index in [2.05, 4.69) is 0 Å². The molecule has 0 atom stereocenters. The Labute approximate surface area is 101 Å². The van der Waals surface area contributed by atoms with Crippen molar-refractivity contribution in [3.8, 4) is 0 Å². The van der Waals surface area contributed by atoms with Crippen LogP contribution >= 0.6 is 0 Å². The smallest absolute Gasteiger partial charge is 0.330 e. The number of hydroxylamine groups is 2. The van der Waals surface area contributed by atoms with E-state index in [1.807, 2.05) is 30.3 Å². The molecule has 0 bridgehead atoms. The maximum absolute atomic E-state index is 11.3. The second-order valence-corrected chi connectivity index (χ2v) is 3.56. The second-order valence-electron chi connectivity index (χ2n) is 3.56. The number of esters is 1. The molecule has 0 aromatic heterocycles. The van der Waals surface area contributed by atoms with E-state index in [1.165, 1.54) is 6.08 Å². The van der Waals surface area contributed by atoms with Gasteiger partial charge in [-0.1, -0.05) is 30.3 Å². The van der Waals surface area contributed by atoms with Gasteiger partial charge in [0, 0.05) is 20.2 Å². The predicted octanol–water partition coefficient (Wildman–Crippen LogP) is 1.74. The molecular weight excluding hydrogens is 218 g/mol. The van der Waals surface area contributed by atoms with Gasteiger partial charge in [0.05, 0.1) is 0 Å². The van der Waals surface area contributed by atoms with Crippen molar-refractivity contribution in [3.05, 3.63) is 42.0 Å². The fourth-order valence-corrected chi connectivity index (χ4v) is 1.14. The van der Waals surface area contributed by atoms with E-state index in [1.54, 1.807) is 25.2 Å². The van der Waals surface area contributed by atoms with Gasteiger partial charge in [0.1, 0.15) is 13.2 Å². The molecule has 0 amide bonds. The molecule has 0 unspecified atom stereocenters. The average molecular weight is 235 g/mol. The number of carbonyl (C=O) groups is 1. The highest BCUT2D eigenvalue weighted by atomic mass is 16.7. The van der Waals surface area contributed by atoms with Gasteiger partial charge >= 0.3 is 5.97 Å². The molecule has 4 heteroatoms. The molecule has 92 valence electrons. The zero-order valence-electron chi connectivity index (χ0n) is 10.1. The highest BCUT2D eigenvalue weighted by molar-refractivity contribution is 5.86. The number of rotatable bonds is 6. The molecule has 0 aliphatic rings. The van der Waals surface area contributed by atoms with Gasteiger partial charge < -0.3 is 4.74 Å². The molecule has 0 saturated carbocycles. The van der Waals surface area contributed by atoms with Crippen molar-refractivity contribution in [2.24, 2.45) is 0 Å². The first-order chi connectivity index (χ1) is 8.18. The molecule has 0 radical (unpaired) electrons. The Hall–Kier alpha value is -1.65. The van der Waals surface area contributed by atoms with Gasteiger partial charge in [-0.05, 0) is 11.6 Å². The van der Waals surface area contributed by atoms with E-state index in [4.69, 9.17) is 9.57 Å². The molecule has 0 spiro atoms. The van der Waals surface area contributed by atoms with Gasteiger partial charge in [0.25, 0.3) is 0 Å². The second kappa shape index (κ2) is 7.60. The van der Waals surface area contributed by atoms with E-state index in [-0.39, 0.29) is 12.6 Å². The average Bonchev–Trinajstić information content (AvgIpc) is 2.33. The zero-order chi connectivity index (χ0) is 12.5. The van der Waals surface area contributed by atoms with Crippen LogP contribution in [0.3, 0.4) is 0 Å². The maximum Gasteiger partial charge on any atom is 0.330 e. The van der Waals surface area contributed by atoms with E-state index in [9.17, 15) is 4.79 Å². The van der Waals surface area contributed by atoms with Crippen LogP contribution in [0.15, 0.2) is 36.4 Å². The monoisotopic (exact) mass is 235 g/mol. The number of benzene rings is 1. The molecule has 0 heterocycles. The lowest BCUT2D eigenvalue weighted by molar-refractivity contribution is -0.152. The molecule has 1 rings (SSSR count). The van der Waals surface area contributed by atoms with Gasteiger partial charge in [-0.15, -0.1) is 0 Å². The minimum absolute atomic E-state index is 0.246. The third kappa shape index (κ3) is 6.50. The van der Waals surface area contributed by atoms with Gasteiger partial charge in [0.2, 0.25) is 0 Å². The third-order valence-electron chi connectivity index (χ3n) is 1.89. The van der Waals surface area contributed by atoms with Crippen LogP contribution in [0.1, 0.15) is 5.56 Å². The first-order valence-electron chi connectivity index (χ1n) is 5.38. The van der Waals surface area contributed by atoms with Gasteiger partial charge in [-0.2, -0.15) is 5.06 Å². The summed E-state index contributed by atoms with van der Waals surface area (Å²) in [5.74, 6) is -0.365. The van der Waals surface area contributed by atoms with Crippen LogP contribution in [-0.4, -0.2) is 38.3 Å². The maximum atomic E-state index is 11.3. The van der Waals surface area contributed by atoms with Crippen LogP contribution in [0.25, 0.3) is 6.08 Å². The van der Waals surface area contributed by atoms with Crippen molar-refractivity contribution in [1.29, 1.82) is 0 Å². The van der Waals surface area contributed by atoms with Crippen molar-refractivity contribution in [2.75, 3.05) is 27.3 Å². The molecule has 0 aliphatic carbocycles. The summed E-state index contributed by atoms with van der Waals surface area (Å²) < 4.78 is 4.94. The molecule has 4 nitrogen and oxygen atoms in total. The Morgan fingerprint density at radius 1 is 1.24 bits per heavy atom. The van der Waals surface area contributed by atoms with E-state index < -0.39 is 0 Å². The van der Waals surface area contributed by atoms with Crippen LogP contribution in [0.5, 0.6) is 0 Å². The Balaban J connectivity index is 2.23. The molecule has 0 N–H and O–H groups in total. The highest BCUT2D eigenvalue weighted by Crippen LogP contribution is 2.00. The summed E-state index contributed by atoms with van der Waals surface area (Å²) in [5.41, 5.74) is 0.967. The fourth-order valence-electron chi connectivity index (χ4n) is 1.14. The highest BCUT2D eigenvalue weighted by Gasteiger charge is 1.97. The Kier molecular flexibility index (Phi) is 5.99. The predicted molar refractivity (Wildman–Crippen MR) is 66.1 cm³/mol. The number of hydrogen-bond acceptors (Lipinski definition) is 4. The summed E-state index contributed by atoms with van der Waals surface area (Å²) in [6, 6.07) is 9.58. The summed E-state index contributed by atoms with van der Waals surface area (Å²) in [6.07, 6.45) is 3.13. The molecule has 0 fully saturated rings. The van der Waals surface area contributed by atoms with E-state index in [0.717, 1.165) is 5.56 Å². The Morgan fingerprint density at radius 2 is 1.94 bits per heavy atom. The van der Waals surface area contributed by atoms with Crippen molar-refractivity contribution in [2.45, 2.75) is 0 Å². The van der Waals surface area contributed by atoms with E-state index in [0.29, 0.717) is 6.61 Å². The normalized spacial score (nSPS) is 11.0. The lowest BCUT2D eigenvalue weighted by Gasteiger charge is -2.09. The first-order valence-corrected chi connectivity index (χ1v) is 5.38.